The van der Waals surface area contributed by atoms with Crippen molar-refractivity contribution in [3.8, 4) is 11.5 Å². The minimum absolute atomic E-state index is 0.0359. The lowest BCUT2D eigenvalue weighted by atomic mass is 9.88. The molecule has 3 nitrogen and oxygen atoms in total. The highest BCUT2D eigenvalue weighted by atomic mass is 19.1. The van der Waals surface area contributed by atoms with Crippen LogP contribution < -0.4 is 10.5 Å². The van der Waals surface area contributed by atoms with Gasteiger partial charge in [0.25, 0.3) is 0 Å². The van der Waals surface area contributed by atoms with E-state index in [1.54, 1.807) is 6.07 Å². The lowest BCUT2D eigenvalue weighted by Crippen LogP contribution is -2.31. The summed E-state index contributed by atoms with van der Waals surface area (Å²) in [5, 5.41) is 9.61. The molecule has 4 heteroatoms. The summed E-state index contributed by atoms with van der Waals surface area (Å²) in [6.07, 6.45) is 1.90. The molecule has 1 aromatic carbocycles. The molecule has 3 N–H and O–H groups in total. The normalized spacial score (nSPS) is 19.2. The molecule has 1 aromatic rings. The van der Waals surface area contributed by atoms with Crippen LogP contribution in [0.4, 0.5) is 4.39 Å². The lowest BCUT2D eigenvalue weighted by molar-refractivity contribution is 0.347. The lowest BCUT2D eigenvalue weighted by Gasteiger charge is -2.23. The monoisotopic (exact) mass is 225 g/mol. The summed E-state index contributed by atoms with van der Waals surface area (Å²) < 4.78 is 18.3. The molecule has 0 amide bonds. The molecule has 0 heterocycles. The van der Waals surface area contributed by atoms with E-state index < -0.39 is 11.6 Å². The first-order valence-electron chi connectivity index (χ1n) is 5.34. The first-order chi connectivity index (χ1) is 7.53. The Morgan fingerprint density at radius 3 is 2.56 bits per heavy atom. The van der Waals surface area contributed by atoms with Gasteiger partial charge in [0.05, 0.1) is 7.11 Å². The second kappa shape index (κ2) is 3.63. The summed E-state index contributed by atoms with van der Waals surface area (Å²) in [6.45, 7) is 1.92. The molecule has 1 unspecified atom stereocenters. The molecule has 0 aliphatic heterocycles. The number of hydrogen-bond acceptors (Lipinski definition) is 3. The first kappa shape index (κ1) is 11.2. The molecule has 16 heavy (non-hydrogen) atoms. The van der Waals surface area contributed by atoms with E-state index in [1.807, 2.05) is 6.92 Å². The molecule has 1 fully saturated rings. The predicted octanol–water partition coefficient (Wildman–Crippen LogP) is 1.92. The van der Waals surface area contributed by atoms with Crippen molar-refractivity contribution in [3.05, 3.63) is 23.5 Å². The maximum atomic E-state index is 13.2. The average molecular weight is 225 g/mol. The Kier molecular flexibility index (Phi) is 2.54. The molecule has 0 spiro atoms. The minimum Gasteiger partial charge on any atom is -0.502 e. The summed E-state index contributed by atoms with van der Waals surface area (Å²) >= 11 is 0. The van der Waals surface area contributed by atoms with Gasteiger partial charge in [0.15, 0.2) is 17.3 Å². The second-order valence-electron chi connectivity index (χ2n) is 4.42. The number of benzene rings is 1. The van der Waals surface area contributed by atoms with E-state index in [4.69, 9.17) is 10.5 Å². The van der Waals surface area contributed by atoms with Crippen molar-refractivity contribution in [2.75, 3.05) is 7.11 Å². The molecule has 2 rings (SSSR count). The molecule has 88 valence electrons. The molecule has 0 bridgehead atoms. The van der Waals surface area contributed by atoms with Crippen molar-refractivity contribution in [1.29, 1.82) is 0 Å². The fraction of sp³-hybridized carbons (Fsp3) is 0.500. The zero-order chi connectivity index (χ0) is 11.9. The fourth-order valence-electron chi connectivity index (χ4n) is 2.25. The van der Waals surface area contributed by atoms with Crippen molar-refractivity contribution in [2.45, 2.75) is 31.2 Å². The third kappa shape index (κ3) is 1.45. The Labute approximate surface area is 94.0 Å². The molecule has 0 saturated heterocycles. The molecule has 0 aromatic heterocycles. The zero-order valence-corrected chi connectivity index (χ0v) is 9.46. The number of methoxy groups -OCH3 is 1. The van der Waals surface area contributed by atoms with E-state index in [1.165, 1.54) is 13.2 Å². The van der Waals surface area contributed by atoms with Crippen LogP contribution in [0.15, 0.2) is 12.1 Å². The van der Waals surface area contributed by atoms with Crippen molar-refractivity contribution < 1.29 is 14.2 Å². The van der Waals surface area contributed by atoms with Crippen molar-refractivity contribution in [3.63, 3.8) is 0 Å². The highest BCUT2D eigenvalue weighted by Gasteiger charge is 2.49. The van der Waals surface area contributed by atoms with Gasteiger partial charge in [0, 0.05) is 17.0 Å². The van der Waals surface area contributed by atoms with Gasteiger partial charge in [-0.2, -0.15) is 0 Å². The standard InChI is InChI=1S/C12H16FNO2/c1-7(14)12(5-6-12)8-3-4-9(13)10(15)11(8)16-2/h3-4,7,15H,5-6,14H2,1-2H3. The van der Waals surface area contributed by atoms with Crippen LogP contribution in [0.3, 0.4) is 0 Å². The molecule has 1 atom stereocenters. The summed E-state index contributed by atoms with van der Waals surface area (Å²) in [7, 11) is 1.43. The highest BCUT2D eigenvalue weighted by molar-refractivity contribution is 5.53. The fourth-order valence-corrected chi connectivity index (χ4v) is 2.25. The van der Waals surface area contributed by atoms with Gasteiger partial charge in [-0.3, -0.25) is 0 Å². The third-order valence-electron chi connectivity index (χ3n) is 3.48. The molecular formula is C12H16FNO2. The van der Waals surface area contributed by atoms with Crippen molar-refractivity contribution in [2.24, 2.45) is 5.73 Å². The van der Waals surface area contributed by atoms with Gasteiger partial charge >= 0.3 is 0 Å². The largest absolute Gasteiger partial charge is 0.502 e. The second-order valence-corrected chi connectivity index (χ2v) is 4.42. The number of hydrogen-bond donors (Lipinski definition) is 2. The van der Waals surface area contributed by atoms with E-state index in [0.29, 0.717) is 0 Å². The molecule has 1 saturated carbocycles. The number of aromatic hydroxyl groups is 1. The van der Waals surface area contributed by atoms with Gasteiger partial charge in [0.2, 0.25) is 0 Å². The van der Waals surface area contributed by atoms with Crippen molar-refractivity contribution in [1.82, 2.24) is 0 Å². The Bertz CT molecular complexity index is 414. The maximum absolute atomic E-state index is 13.2. The first-order valence-corrected chi connectivity index (χ1v) is 5.34. The summed E-state index contributed by atoms with van der Waals surface area (Å²) in [5.41, 5.74) is 6.60. The van der Waals surface area contributed by atoms with Crippen LogP contribution in [0.5, 0.6) is 11.5 Å². The Morgan fingerprint density at radius 2 is 2.12 bits per heavy atom. The highest BCUT2D eigenvalue weighted by Crippen LogP contribution is 2.55. The van der Waals surface area contributed by atoms with E-state index in [-0.39, 0.29) is 17.2 Å². The van der Waals surface area contributed by atoms with Crippen LogP contribution in [0.25, 0.3) is 0 Å². The number of ether oxygens (including phenoxy) is 1. The van der Waals surface area contributed by atoms with Gasteiger partial charge in [-0.05, 0) is 25.8 Å². The Balaban J connectivity index is 2.54. The molecule has 1 aliphatic carbocycles. The van der Waals surface area contributed by atoms with Gasteiger partial charge in [-0.25, -0.2) is 4.39 Å². The Hall–Kier alpha value is -1.29. The van der Waals surface area contributed by atoms with Crippen LogP contribution in [0.1, 0.15) is 25.3 Å². The topological polar surface area (TPSA) is 55.5 Å². The maximum Gasteiger partial charge on any atom is 0.194 e. The number of nitrogens with two attached hydrogens (primary N) is 1. The van der Waals surface area contributed by atoms with Gasteiger partial charge in [-0.1, -0.05) is 6.07 Å². The zero-order valence-electron chi connectivity index (χ0n) is 9.46. The summed E-state index contributed by atoms with van der Waals surface area (Å²) in [4.78, 5) is 0. The van der Waals surface area contributed by atoms with Crippen LogP contribution >= 0.6 is 0 Å². The third-order valence-corrected chi connectivity index (χ3v) is 3.48. The van der Waals surface area contributed by atoms with Crippen LogP contribution in [-0.2, 0) is 5.41 Å². The van der Waals surface area contributed by atoms with E-state index in [0.717, 1.165) is 18.4 Å². The summed E-state index contributed by atoms with van der Waals surface area (Å²) in [6, 6.07) is 2.88. The molecular weight excluding hydrogens is 209 g/mol. The molecule has 0 radical (unpaired) electrons. The van der Waals surface area contributed by atoms with Crippen molar-refractivity contribution >= 4 is 0 Å². The number of phenolic OH excluding ortho intramolecular Hbond substituents is 1. The smallest absolute Gasteiger partial charge is 0.194 e. The van der Waals surface area contributed by atoms with Gasteiger partial charge < -0.3 is 15.6 Å². The van der Waals surface area contributed by atoms with E-state index in [9.17, 15) is 9.50 Å². The van der Waals surface area contributed by atoms with E-state index in [2.05, 4.69) is 0 Å². The quantitative estimate of drug-likeness (QED) is 0.826. The minimum atomic E-state index is -0.666. The number of phenols is 1. The molecule has 1 aliphatic rings. The average Bonchev–Trinajstić information content (AvgIpc) is 3.02. The number of halogens is 1. The van der Waals surface area contributed by atoms with Crippen LogP contribution in [0.2, 0.25) is 0 Å². The SMILES string of the molecule is COc1c(C2(C(C)N)CC2)ccc(F)c1O. The van der Waals surface area contributed by atoms with Gasteiger partial charge in [0.1, 0.15) is 0 Å². The van der Waals surface area contributed by atoms with Gasteiger partial charge in [-0.15, -0.1) is 0 Å². The Morgan fingerprint density at radius 1 is 1.50 bits per heavy atom. The van der Waals surface area contributed by atoms with Crippen LogP contribution in [0, 0.1) is 5.82 Å². The van der Waals surface area contributed by atoms with Crippen LogP contribution in [-0.4, -0.2) is 18.3 Å². The predicted molar refractivity (Wildman–Crippen MR) is 59.2 cm³/mol. The number of rotatable bonds is 3. The van der Waals surface area contributed by atoms with E-state index >= 15 is 0 Å². The summed E-state index contributed by atoms with van der Waals surface area (Å²) in [5.74, 6) is -0.872.